The molecule has 0 aromatic heterocycles. The molecule has 0 radical (unpaired) electrons. The number of carbonyl (C=O) groups is 1. The number of rotatable bonds is 8. The van der Waals surface area contributed by atoms with Gasteiger partial charge in [-0.05, 0) is 44.4 Å². The number of ether oxygens (including phenoxy) is 1. The van der Waals surface area contributed by atoms with Crippen LogP contribution in [-0.4, -0.2) is 50.1 Å². The molecular weight excluding hydrogens is 302 g/mol. The largest absolute Gasteiger partial charge is 0.466 e. The maximum absolute atomic E-state index is 11.3. The lowest BCUT2D eigenvalue weighted by Gasteiger charge is -2.25. The molecular formula is C19H35N3O2. The average Bonchev–Trinajstić information content (AvgIpc) is 3.21. The summed E-state index contributed by atoms with van der Waals surface area (Å²) in [5.74, 6) is 1.01. The van der Waals surface area contributed by atoms with Gasteiger partial charge in [-0.25, -0.2) is 0 Å². The molecule has 24 heavy (non-hydrogen) atoms. The Labute approximate surface area is 147 Å². The summed E-state index contributed by atoms with van der Waals surface area (Å²) in [6, 6.07) is 0. The minimum absolute atomic E-state index is 0.0640. The number of esters is 1. The predicted octanol–water partition coefficient (Wildman–Crippen LogP) is 3.34. The number of carbonyl (C=O) groups excluding carboxylic acids is 1. The van der Waals surface area contributed by atoms with Gasteiger partial charge in [0.1, 0.15) is 0 Å². The second-order valence-corrected chi connectivity index (χ2v) is 7.32. The third-order valence-electron chi connectivity index (χ3n) is 5.51. The molecule has 2 fully saturated rings. The number of aliphatic imine (C=N–C) groups is 1. The zero-order chi connectivity index (χ0) is 17.3. The van der Waals surface area contributed by atoms with Crippen LogP contribution in [0.3, 0.4) is 0 Å². The highest BCUT2D eigenvalue weighted by atomic mass is 16.5. The number of hydrogen-bond acceptors (Lipinski definition) is 3. The number of hydrogen-bond donors (Lipinski definition) is 1. The Hall–Kier alpha value is -1.26. The van der Waals surface area contributed by atoms with Gasteiger partial charge < -0.3 is 15.0 Å². The molecule has 2 aliphatic rings. The molecule has 1 heterocycles. The molecule has 1 N–H and O–H groups in total. The van der Waals surface area contributed by atoms with E-state index < -0.39 is 0 Å². The van der Waals surface area contributed by atoms with Crippen LogP contribution in [-0.2, 0) is 9.53 Å². The Morgan fingerprint density at radius 1 is 1.17 bits per heavy atom. The standard InChI is InChI=1S/C19H35N3O2/c1-3-24-17(23)10-6-4-5-9-14-21-18(20-2)22-15-13-19(16-22)11-7-8-12-19/h3-16H2,1-2H3,(H,20,21). The van der Waals surface area contributed by atoms with Gasteiger partial charge >= 0.3 is 5.97 Å². The van der Waals surface area contributed by atoms with E-state index in [0.29, 0.717) is 18.4 Å². The Morgan fingerprint density at radius 3 is 2.62 bits per heavy atom. The summed E-state index contributed by atoms with van der Waals surface area (Å²) in [4.78, 5) is 18.2. The van der Waals surface area contributed by atoms with Gasteiger partial charge in [-0.2, -0.15) is 0 Å². The van der Waals surface area contributed by atoms with Gasteiger partial charge in [0.2, 0.25) is 0 Å². The molecule has 0 amide bonds. The second-order valence-electron chi connectivity index (χ2n) is 7.32. The van der Waals surface area contributed by atoms with E-state index in [1.807, 2.05) is 14.0 Å². The van der Waals surface area contributed by atoms with Crippen LogP contribution in [0.5, 0.6) is 0 Å². The van der Waals surface area contributed by atoms with E-state index in [9.17, 15) is 4.79 Å². The quantitative estimate of drug-likeness (QED) is 0.319. The first-order valence-corrected chi connectivity index (χ1v) is 9.80. The summed E-state index contributed by atoms with van der Waals surface area (Å²) in [6.07, 6.45) is 11.8. The van der Waals surface area contributed by atoms with Gasteiger partial charge in [0, 0.05) is 33.1 Å². The first kappa shape index (κ1) is 19.1. The maximum Gasteiger partial charge on any atom is 0.305 e. The van der Waals surface area contributed by atoms with Crippen molar-refractivity contribution < 1.29 is 9.53 Å². The lowest BCUT2D eigenvalue weighted by molar-refractivity contribution is -0.143. The van der Waals surface area contributed by atoms with E-state index in [4.69, 9.17) is 4.74 Å². The van der Waals surface area contributed by atoms with Gasteiger partial charge in [-0.15, -0.1) is 0 Å². The fourth-order valence-electron chi connectivity index (χ4n) is 4.16. The summed E-state index contributed by atoms with van der Waals surface area (Å²) in [5, 5.41) is 3.52. The van der Waals surface area contributed by atoms with Crippen molar-refractivity contribution in [1.29, 1.82) is 0 Å². The number of likely N-dealkylation sites (tertiary alicyclic amines) is 1. The molecule has 1 spiro atoms. The van der Waals surface area contributed by atoms with Gasteiger partial charge in [-0.1, -0.05) is 25.7 Å². The van der Waals surface area contributed by atoms with Crippen molar-refractivity contribution in [1.82, 2.24) is 10.2 Å². The number of nitrogens with zero attached hydrogens (tertiary/aromatic N) is 2. The Kier molecular flexibility index (Phi) is 7.86. The van der Waals surface area contributed by atoms with E-state index in [1.165, 1.54) is 38.6 Å². The zero-order valence-electron chi connectivity index (χ0n) is 15.6. The molecule has 1 saturated carbocycles. The molecule has 0 bridgehead atoms. The van der Waals surface area contributed by atoms with E-state index >= 15 is 0 Å². The molecule has 0 aromatic carbocycles. The van der Waals surface area contributed by atoms with E-state index in [1.54, 1.807) is 0 Å². The third kappa shape index (κ3) is 5.67. The zero-order valence-corrected chi connectivity index (χ0v) is 15.6. The minimum Gasteiger partial charge on any atom is -0.466 e. The van der Waals surface area contributed by atoms with Gasteiger partial charge in [0.15, 0.2) is 5.96 Å². The van der Waals surface area contributed by atoms with E-state index in [2.05, 4.69) is 15.2 Å². The highest BCUT2D eigenvalue weighted by Gasteiger charge is 2.40. The lowest BCUT2D eigenvalue weighted by Crippen LogP contribution is -2.41. The van der Waals surface area contributed by atoms with Gasteiger partial charge in [0.05, 0.1) is 6.61 Å². The van der Waals surface area contributed by atoms with Gasteiger partial charge in [-0.3, -0.25) is 9.79 Å². The first-order valence-electron chi connectivity index (χ1n) is 9.80. The van der Waals surface area contributed by atoms with Crippen LogP contribution in [0.2, 0.25) is 0 Å². The number of guanidine groups is 1. The van der Waals surface area contributed by atoms with Crippen LogP contribution in [0.1, 0.15) is 71.1 Å². The molecule has 138 valence electrons. The van der Waals surface area contributed by atoms with Crippen molar-refractivity contribution in [3.63, 3.8) is 0 Å². The third-order valence-corrected chi connectivity index (χ3v) is 5.51. The highest BCUT2D eigenvalue weighted by molar-refractivity contribution is 5.80. The van der Waals surface area contributed by atoms with Crippen LogP contribution in [0.4, 0.5) is 0 Å². The number of unbranched alkanes of at least 4 members (excludes halogenated alkanes) is 3. The molecule has 1 saturated heterocycles. The molecule has 0 atom stereocenters. The van der Waals surface area contributed by atoms with Crippen molar-refractivity contribution in [2.24, 2.45) is 10.4 Å². The van der Waals surface area contributed by atoms with Crippen LogP contribution >= 0.6 is 0 Å². The summed E-state index contributed by atoms with van der Waals surface area (Å²) in [6.45, 7) is 5.64. The van der Waals surface area contributed by atoms with Crippen molar-refractivity contribution >= 4 is 11.9 Å². The van der Waals surface area contributed by atoms with Crippen LogP contribution in [0.25, 0.3) is 0 Å². The molecule has 5 heteroatoms. The van der Waals surface area contributed by atoms with Crippen LogP contribution in [0, 0.1) is 5.41 Å². The molecule has 2 rings (SSSR count). The first-order chi connectivity index (χ1) is 11.7. The Balaban J connectivity index is 1.55. The van der Waals surface area contributed by atoms with Crippen LogP contribution < -0.4 is 5.32 Å². The molecule has 0 unspecified atom stereocenters. The topological polar surface area (TPSA) is 53.9 Å². The van der Waals surface area contributed by atoms with Gasteiger partial charge in [0.25, 0.3) is 0 Å². The molecule has 5 nitrogen and oxygen atoms in total. The normalized spacial score (nSPS) is 19.9. The molecule has 0 aromatic rings. The smallest absolute Gasteiger partial charge is 0.305 e. The fraction of sp³-hybridized carbons (Fsp3) is 0.895. The average molecular weight is 338 g/mol. The van der Waals surface area contributed by atoms with Crippen molar-refractivity contribution in [3.05, 3.63) is 0 Å². The van der Waals surface area contributed by atoms with Crippen molar-refractivity contribution in [3.8, 4) is 0 Å². The molecule has 1 aliphatic heterocycles. The number of nitrogens with one attached hydrogen (secondary N) is 1. The van der Waals surface area contributed by atoms with E-state index in [-0.39, 0.29) is 5.97 Å². The predicted molar refractivity (Wildman–Crippen MR) is 98.2 cm³/mol. The Bertz CT molecular complexity index is 417. The summed E-state index contributed by atoms with van der Waals surface area (Å²) in [5.41, 5.74) is 0.588. The van der Waals surface area contributed by atoms with Crippen LogP contribution in [0.15, 0.2) is 4.99 Å². The SMILES string of the molecule is CCOC(=O)CCCCCCNC(=NC)N1CCC2(CCCC2)C1. The summed E-state index contributed by atoms with van der Waals surface area (Å²) in [7, 11) is 1.89. The Morgan fingerprint density at radius 2 is 1.92 bits per heavy atom. The van der Waals surface area contributed by atoms with Crippen molar-refractivity contribution in [2.45, 2.75) is 71.1 Å². The summed E-state index contributed by atoms with van der Waals surface area (Å²) < 4.78 is 4.94. The van der Waals surface area contributed by atoms with E-state index in [0.717, 1.165) is 44.7 Å². The summed E-state index contributed by atoms with van der Waals surface area (Å²) >= 11 is 0. The second kappa shape index (κ2) is 9.90. The monoisotopic (exact) mass is 337 g/mol. The maximum atomic E-state index is 11.3. The molecule has 1 aliphatic carbocycles. The van der Waals surface area contributed by atoms with Crippen molar-refractivity contribution in [2.75, 3.05) is 33.3 Å². The fourth-order valence-corrected chi connectivity index (χ4v) is 4.16. The lowest BCUT2D eigenvalue weighted by atomic mass is 9.86. The minimum atomic E-state index is -0.0640. The highest BCUT2D eigenvalue weighted by Crippen LogP contribution is 2.45.